The van der Waals surface area contributed by atoms with Crippen molar-refractivity contribution in [1.29, 1.82) is 5.26 Å². The van der Waals surface area contributed by atoms with E-state index < -0.39 is 0 Å². The second-order valence-corrected chi connectivity index (χ2v) is 4.11. The first-order chi connectivity index (χ1) is 9.60. The monoisotopic (exact) mass is 278 g/mol. The lowest BCUT2D eigenvalue weighted by molar-refractivity contribution is -0.140. The van der Waals surface area contributed by atoms with Gasteiger partial charge in [0.15, 0.2) is 0 Å². The summed E-state index contributed by atoms with van der Waals surface area (Å²) in [5.74, 6) is 0.114. The zero-order valence-corrected chi connectivity index (χ0v) is 11.9. The largest absolute Gasteiger partial charge is 0.469 e. The molecule has 0 aromatic carbocycles. The predicted molar refractivity (Wildman–Crippen MR) is 72.2 cm³/mol. The Balaban J connectivity index is 2.88. The summed E-state index contributed by atoms with van der Waals surface area (Å²) in [6.07, 6.45) is 0.222. The molecule has 0 aliphatic rings. The minimum absolute atomic E-state index is 0.222. The fourth-order valence-electron chi connectivity index (χ4n) is 1.59. The number of ether oxygens (including phenoxy) is 2. The zero-order chi connectivity index (χ0) is 15.0. The molecule has 0 bridgehead atoms. The quantitative estimate of drug-likeness (QED) is 0.677. The Kier molecular flexibility index (Phi) is 6.40. The van der Waals surface area contributed by atoms with Gasteiger partial charge in [0.1, 0.15) is 11.8 Å². The average Bonchev–Trinajstić information content (AvgIpc) is 2.46. The number of carbonyl (C=O) groups excluding carboxylic acids is 1. The normalized spacial score (nSPS) is 9.90. The van der Waals surface area contributed by atoms with Crippen LogP contribution in [0.25, 0.3) is 0 Å². The summed E-state index contributed by atoms with van der Waals surface area (Å²) in [5, 5.41) is 8.94. The second kappa shape index (κ2) is 8.07. The molecule has 0 radical (unpaired) electrons. The average molecular weight is 278 g/mol. The number of methoxy groups -OCH3 is 2. The van der Waals surface area contributed by atoms with Gasteiger partial charge in [-0.1, -0.05) is 0 Å². The molecule has 20 heavy (non-hydrogen) atoms. The maximum absolute atomic E-state index is 11.2. The topological polar surface area (TPSA) is 88.3 Å². The third-order valence-electron chi connectivity index (χ3n) is 2.62. The lowest BCUT2D eigenvalue weighted by Gasteiger charge is -2.22. The van der Waals surface area contributed by atoms with Crippen molar-refractivity contribution in [2.24, 2.45) is 0 Å². The number of rotatable bonds is 7. The summed E-state index contributed by atoms with van der Waals surface area (Å²) < 4.78 is 9.65. The van der Waals surface area contributed by atoms with Gasteiger partial charge in [0.25, 0.3) is 0 Å². The molecule has 0 saturated heterocycles. The zero-order valence-electron chi connectivity index (χ0n) is 11.9. The molecule has 0 amide bonds. The molecule has 1 rings (SSSR count). The van der Waals surface area contributed by atoms with Crippen molar-refractivity contribution in [3.05, 3.63) is 17.5 Å². The third kappa shape index (κ3) is 4.82. The lowest BCUT2D eigenvalue weighted by Crippen LogP contribution is -2.31. The van der Waals surface area contributed by atoms with Crippen LogP contribution in [0.1, 0.15) is 17.8 Å². The standard InChI is InChI=1S/C13H18N4O3/c1-10-8-11(9-14)16-13(15-10)17(6-7-19-2)5-4-12(18)20-3/h8H,4-7H2,1-3H3. The number of esters is 1. The Morgan fingerprint density at radius 2 is 2.15 bits per heavy atom. The van der Waals surface area contributed by atoms with Gasteiger partial charge in [0, 0.05) is 25.9 Å². The molecule has 1 aromatic heterocycles. The van der Waals surface area contributed by atoms with Crippen LogP contribution in [0.4, 0.5) is 5.95 Å². The van der Waals surface area contributed by atoms with Gasteiger partial charge >= 0.3 is 5.97 Å². The molecule has 0 N–H and O–H groups in total. The summed E-state index contributed by atoms with van der Waals surface area (Å²) >= 11 is 0. The molecule has 0 unspecified atom stereocenters. The highest BCUT2D eigenvalue weighted by Crippen LogP contribution is 2.10. The molecule has 1 heterocycles. The molecule has 0 aliphatic carbocycles. The molecular formula is C13H18N4O3. The minimum atomic E-state index is -0.305. The van der Waals surface area contributed by atoms with E-state index in [4.69, 9.17) is 10.00 Å². The molecule has 0 saturated carbocycles. The number of aryl methyl sites for hydroxylation is 1. The Hall–Kier alpha value is -2.20. The van der Waals surface area contributed by atoms with E-state index in [9.17, 15) is 4.79 Å². The van der Waals surface area contributed by atoms with Gasteiger partial charge < -0.3 is 14.4 Å². The van der Waals surface area contributed by atoms with Gasteiger partial charge in [-0.3, -0.25) is 4.79 Å². The van der Waals surface area contributed by atoms with Gasteiger partial charge in [0.2, 0.25) is 5.95 Å². The second-order valence-electron chi connectivity index (χ2n) is 4.11. The fourth-order valence-corrected chi connectivity index (χ4v) is 1.59. The van der Waals surface area contributed by atoms with Crippen LogP contribution in [0, 0.1) is 18.3 Å². The molecular weight excluding hydrogens is 260 g/mol. The lowest BCUT2D eigenvalue weighted by atomic mass is 10.3. The van der Waals surface area contributed by atoms with Crippen LogP contribution in [0.2, 0.25) is 0 Å². The number of carbonyl (C=O) groups is 1. The van der Waals surface area contributed by atoms with Crippen molar-refractivity contribution in [1.82, 2.24) is 9.97 Å². The first-order valence-electron chi connectivity index (χ1n) is 6.17. The maximum Gasteiger partial charge on any atom is 0.307 e. The van der Waals surface area contributed by atoms with Crippen LogP contribution < -0.4 is 4.90 Å². The first kappa shape index (κ1) is 15.9. The van der Waals surface area contributed by atoms with Crippen molar-refractivity contribution in [2.45, 2.75) is 13.3 Å². The van der Waals surface area contributed by atoms with Crippen molar-refractivity contribution >= 4 is 11.9 Å². The Morgan fingerprint density at radius 1 is 1.40 bits per heavy atom. The van der Waals surface area contributed by atoms with Crippen LogP contribution in [0.3, 0.4) is 0 Å². The molecule has 7 heteroatoms. The van der Waals surface area contributed by atoms with Crippen LogP contribution in [-0.4, -0.2) is 49.9 Å². The number of nitrogens with zero attached hydrogens (tertiary/aromatic N) is 4. The summed E-state index contributed by atoms with van der Waals surface area (Å²) in [5.41, 5.74) is 1.00. The van der Waals surface area contributed by atoms with Gasteiger partial charge in [0.05, 0.1) is 20.1 Å². The molecule has 108 valence electrons. The molecule has 7 nitrogen and oxygen atoms in total. The first-order valence-corrected chi connectivity index (χ1v) is 6.17. The summed E-state index contributed by atoms with van der Waals surface area (Å²) in [6.45, 7) is 3.20. The predicted octanol–water partition coefficient (Wildman–Crippen LogP) is 0.673. The van der Waals surface area contributed by atoms with Gasteiger partial charge in [-0.05, 0) is 13.0 Å². The van der Waals surface area contributed by atoms with E-state index in [0.717, 1.165) is 0 Å². The van der Waals surface area contributed by atoms with Crippen LogP contribution in [-0.2, 0) is 14.3 Å². The number of hydrogen-bond donors (Lipinski definition) is 0. The fraction of sp³-hybridized carbons (Fsp3) is 0.538. The highest BCUT2D eigenvalue weighted by Gasteiger charge is 2.13. The van der Waals surface area contributed by atoms with Gasteiger partial charge in [-0.2, -0.15) is 5.26 Å². The highest BCUT2D eigenvalue weighted by molar-refractivity contribution is 5.69. The highest BCUT2D eigenvalue weighted by atomic mass is 16.5. The third-order valence-corrected chi connectivity index (χ3v) is 2.62. The Bertz CT molecular complexity index is 499. The Morgan fingerprint density at radius 3 is 2.75 bits per heavy atom. The molecule has 0 fully saturated rings. The van der Waals surface area contributed by atoms with E-state index in [1.807, 2.05) is 6.07 Å². The molecule has 0 spiro atoms. The van der Waals surface area contributed by atoms with Crippen molar-refractivity contribution in [3.63, 3.8) is 0 Å². The van der Waals surface area contributed by atoms with Crippen molar-refractivity contribution in [3.8, 4) is 6.07 Å². The number of nitriles is 1. The van der Waals surface area contributed by atoms with E-state index in [1.54, 1.807) is 25.0 Å². The molecule has 0 aliphatic heterocycles. The summed E-state index contributed by atoms with van der Waals surface area (Å²) in [6, 6.07) is 3.60. The Labute approximate surface area is 118 Å². The molecule has 1 aromatic rings. The number of hydrogen-bond acceptors (Lipinski definition) is 7. The summed E-state index contributed by atoms with van der Waals surface area (Å²) in [7, 11) is 2.94. The SMILES string of the molecule is COCCN(CCC(=O)OC)c1nc(C)cc(C#N)n1. The van der Waals surface area contributed by atoms with E-state index in [-0.39, 0.29) is 12.4 Å². The van der Waals surface area contributed by atoms with E-state index in [2.05, 4.69) is 14.7 Å². The van der Waals surface area contributed by atoms with Crippen LogP contribution in [0.15, 0.2) is 6.07 Å². The molecule has 0 atom stereocenters. The smallest absolute Gasteiger partial charge is 0.307 e. The van der Waals surface area contributed by atoms with Crippen LogP contribution in [0.5, 0.6) is 0 Å². The van der Waals surface area contributed by atoms with E-state index in [1.165, 1.54) is 7.11 Å². The van der Waals surface area contributed by atoms with Gasteiger partial charge in [-0.15, -0.1) is 0 Å². The van der Waals surface area contributed by atoms with Crippen LogP contribution >= 0.6 is 0 Å². The van der Waals surface area contributed by atoms with E-state index in [0.29, 0.717) is 37.0 Å². The van der Waals surface area contributed by atoms with Gasteiger partial charge in [-0.25, -0.2) is 9.97 Å². The maximum atomic E-state index is 11.2. The van der Waals surface area contributed by atoms with E-state index >= 15 is 0 Å². The van der Waals surface area contributed by atoms with Crippen molar-refractivity contribution < 1.29 is 14.3 Å². The number of anilines is 1. The van der Waals surface area contributed by atoms with Crippen molar-refractivity contribution in [2.75, 3.05) is 38.8 Å². The summed E-state index contributed by atoms with van der Waals surface area (Å²) in [4.78, 5) is 21.5. The minimum Gasteiger partial charge on any atom is -0.469 e. The number of aromatic nitrogens is 2.